The Balaban J connectivity index is 1.59. The maximum Gasteiger partial charge on any atom is 0.217 e. The number of ether oxygens (including phenoxy) is 2. The molecule has 29 heavy (non-hydrogen) atoms. The van der Waals surface area contributed by atoms with Gasteiger partial charge in [-0.15, -0.1) is 0 Å². The summed E-state index contributed by atoms with van der Waals surface area (Å²) in [6.45, 7) is 11.9. The lowest BCUT2D eigenvalue weighted by molar-refractivity contribution is -0.153. The summed E-state index contributed by atoms with van der Waals surface area (Å²) in [7, 11) is 0. The number of nitrogens with one attached hydrogen (secondary N) is 1. The summed E-state index contributed by atoms with van der Waals surface area (Å²) >= 11 is 0. The van der Waals surface area contributed by atoms with Gasteiger partial charge in [0.15, 0.2) is 0 Å². The van der Waals surface area contributed by atoms with Gasteiger partial charge in [0.25, 0.3) is 0 Å². The number of aryl methyl sites for hydroxylation is 1. The fourth-order valence-electron chi connectivity index (χ4n) is 5.77. The average molecular weight is 401 g/mol. The maximum atomic E-state index is 12.0. The van der Waals surface area contributed by atoms with Crippen molar-refractivity contribution in [2.75, 3.05) is 31.2 Å². The fourth-order valence-corrected chi connectivity index (χ4v) is 5.77. The minimum Gasteiger partial charge on any atom is -0.378 e. The number of hydrogen-bond acceptors (Lipinski definition) is 4. The van der Waals surface area contributed by atoms with Crippen molar-refractivity contribution < 1.29 is 14.3 Å². The van der Waals surface area contributed by atoms with Crippen LogP contribution < -0.4 is 10.2 Å². The maximum absolute atomic E-state index is 12.0. The molecule has 0 aromatic heterocycles. The van der Waals surface area contributed by atoms with E-state index in [1.54, 1.807) is 6.92 Å². The molecule has 0 unspecified atom stereocenters. The highest BCUT2D eigenvalue weighted by Crippen LogP contribution is 2.48. The van der Waals surface area contributed by atoms with Gasteiger partial charge in [0, 0.05) is 43.6 Å². The van der Waals surface area contributed by atoms with Crippen molar-refractivity contribution in [2.45, 2.75) is 71.1 Å². The first-order valence-electron chi connectivity index (χ1n) is 11.2. The zero-order chi connectivity index (χ0) is 20.6. The normalized spacial score (nSPS) is 35.1. The molecule has 1 aromatic carbocycles. The van der Waals surface area contributed by atoms with Gasteiger partial charge in [-0.3, -0.25) is 4.79 Å². The van der Waals surface area contributed by atoms with E-state index in [2.05, 4.69) is 49.2 Å². The van der Waals surface area contributed by atoms with Gasteiger partial charge in [-0.25, -0.2) is 0 Å². The lowest BCUT2D eigenvalue weighted by Crippen LogP contribution is -2.60. The van der Waals surface area contributed by atoms with Crippen LogP contribution in [0.1, 0.15) is 63.7 Å². The third-order valence-electron chi connectivity index (χ3n) is 7.26. The number of hydrogen-bond donors (Lipinski definition) is 1. The molecule has 0 radical (unpaired) electrons. The fraction of sp³-hybridized carbons (Fsp3) is 0.708. The number of anilines is 1. The minimum atomic E-state index is -0.213. The topological polar surface area (TPSA) is 50.8 Å². The zero-order valence-electron chi connectivity index (χ0n) is 18.4. The molecule has 1 N–H and O–H groups in total. The van der Waals surface area contributed by atoms with Gasteiger partial charge in [-0.05, 0) is 55.9 Å². The van der Waals surface area contributed by atoms with E-state index < -0.39 is 0 Å². The van der Waals surface area contributed by atoms with E-state index in [0.717, 1.165) is 45.6 Å². The number of rotatable bonds is 3. The number of carbonyl (C=O) groups excluding carboxylic acids is 1. The predicted molar refractivity (Wildman–Crippen MR) is 115 cm³/mol. The summed E-state index contributed by atoms with van der Waals surface area (Å²) in [5.41, 5.74) is 3.58. The van der Waals surface area contributed by atoms with Crippen molar-refractivity contribution in [1.29, 1.82) is 0 Å². The second kappa shape index (κ2) is 8.27. The van der Waals surface area contributed by atoms with Crippen LogP contribution in [-0.2, 0) is 14.3 Å². The molecule has 3 aliphatic rings. The van der Waals surface area contributed by atoms with Gasteiger partial charge in [0.2, 0.25) is 5.91 Å². The Labute approximate surface area is 175 Å². The van der Waals surface area contributed by atoms with Crippen molar-refractivity contribution in [3.63, 3.8) is 0 Å². The Morgan fingerprint density at radius 2 is 2.00 bits per heavy atom. The van der Waals surface area contributed by atoms with Crippen LogP contribution in [-0.4, -0.2) is 43.9 Å². The van der Waals surface area contributed by atoms with E-state index >= 15 is 0 Å². The smallest absolute Gasteiger partial charge is 0.217 e. The molecule has 3 fully saturated rings. The molecule has 5 heteroatoms. The molecule has 1 aromatic rings. The molecule has 1 aliphatic carbocycles. The molecule has 1 saturated carbocycles. The molecule has 2 heterocycles. The Morgan fingerprint density at radius 1 is 1.24 bits per heavy atom. The molecular formula is C24H36N2O3. The number of nitrogens with zero attached hydrogens (tertiary/aromatic N) is 1. The number of carbonyl (C=O) groups is 1. The molecule has 1 amide bonds. The Kier molecular flexibility index (Phi) is 5.90. The van der Waals surface area contributed by atoms with Crippen LogP contribution in [0.25, 0.3) is 0 Å². The van der Waals surface area contributed by atoms with E-state index in [0.29, 0.717) is 11.8 Å². The summed E-state index contributed by atoms with van der Waals surface area (Å²) in [6, 6.07) is 6.75. The number of fused-ring (bicyclic) bond motifs is 1. The largest absolute Gasteiger partial charge is 0.378 e. The number of morpholine rings is 1. The van der Waals surface area contributed by atoms with Crippen LogP contribution in [0, 0.1) is 18.8 Å². The van der Waals surface area contributed by atoms with Crippen molar-refractivity contribution in [2.24, 2.45) is 11.8 Å². The molecule has 2 aliphatic heterocycles. The van der Waals surface area contributed by atoms with Crippen molar-refractivity contribution in [3.8, 4) is 0 Å². The van der Waals surface area contributed by atoms with Crippen molar-refractivity contribution >= 4 is 11.6 Å². The van der Waals surface area contributed by atoms with Crippen LogP contribution in [0.5, 0.6) is 0 Å². The standard InChI is InChI=1S/C24H36N2O3/c1-16-5-8-21-22(13-16)29-23(15-24(21,4)25-18(3)27)20-7-6-19(14-17(20)2)26-9-11-28-12-10-26/h6-7,14,16,21-23H,5,8-13,15H2,1-4H3,(H,25,27)/t16-,21-,22-,23-,24-/m1/s1. The summed E-state index contributed by atoms with van der Waals surface area (Å²) in [5, 5.41) is 3.31. The van der Waals surface area contributed by atoms with Crippen molar-refractivity contribution in [3.05, 3.63) is 29.3 Å². The Morgan fingerprint density at radius 3 is 2.69 bits per heavy atom. The van der Waals surface area contributed by atoms with Crippen LogP contribution in [0.2, 0.25) is 0 Å². The quantitative estimate of drug-likeness (QED) is 0.833. The number of benzene rings is 1. The van der Waals surface area contributed by atoms with Gasteiger partial charge < -0.3 is 19.7 Å². The second-order valence-corrected chi connectivity index (χ2v) is 9.63. The zero-order valence-corrected chi connectivity index (χ0v) is 18.4. The van der Waals surface area contributed by atoms with Crippen LogP contribution in [0.4, 0.5) is 5.69 Å². The first-order valence-corrected chi connectivity index (χ1v) is 11.2. The van der Waals surface area contributed by atoms with Crippen LogP contribution in [0.15, 0.2) is 18.2 Å². The third kappa shape index (κ3) is 4.31. The molecule has 5 atom stereocenters. The monoisotopic (exact) mass is 400 g/mol. The van der Waals surface area contributed by atoms with Gasteiger partial charge in [-0.2, -0.15) is 0 Å². The van der Waals surface area contributed by atoms with E-state index in [1.807, 2.05) is 0 Å². The molecule has 4 rings (SSSR count). The molecule has 0 bridgehead atoms. The second-order valence-electron chi connectivity index (χ2n) is 9.63. The summed E-state index contributed by atoms with van der Waals surface area (Å²) in [4.78, 5) is 14.4. The average Bonchev–Trinajstić information content (AvgIpc) is 2.67. The van der Waals surface area contributed by atoms with Gasteiger partial charge >= 0.3 is 0 Å². The summed E-state index contributed by atoms with van der Waals surface area (Å²) in [6.07, 6.45) is 4.51. The molecule has 2 saturated heterocycles. The third-order valence-corrected chi connectivity index (χ3v) is 7.26. The Hall–Kier alpha value is -1.59. The summed E-state index contributed by atoms with van der Waals surface area (Å²) < 4.78 is 12.2. The summed E-state index contributed by atoms with van der Waals surface area (Å²) in [5.74, 6) is 1.14. The first kappa shape index (κ1) is 20.7. The molecular weight excluding hydrogens is 364 g/mol. The Bertz CT molecular complexity index is 746. The van der Waals surface area contributed by atoms with E-state index in [9.17, 15) is 4.79 Å². The SMILES string of the molecule is CC(=O)N[C@]1(C)C[C@H](c2ccc(N3CCOCC3)cc2C)O[C@@H]2C[C@H](C)CC[C@H]21. The van der Waals surface area contributed by atoms with Gasteiger partial charge in [0.1, 0.15) is 0 Å². The molecule has 0 spiro atoms. The van der Waals surface area contributed by atoms with Crippen LogP contribution >= 0.6 is 0 Å². The van der Waals surface area contributed by atoms with Crippen LogP contribution in [0.3, 0.4) is 0 Å². The van der Waals surface area contributed by atoms with E-state index in [1.165, 1.54) is 23.2 Å². The van der Waals surface area contributed by atoms with Crippen molar-refractivity contribution in [1.82, 2.24) is 5.32 Å². The van der Waals surface area contributed by atoms with E-state index in [-0.39, 0.29) is 23.7 Å². The highest BCUT2D eigenvalue weighted by atomic mass is 16.5. The van der Waals surface area contributed by atoms with Gasteiger partial charge in [0.05, 0.1) is 25.4 Å². The van der Waals surface area contributed by atoms with Gasteiger partial charge in [-0.1, -0.05) is 19.4 Å². The highest BCUT2D eigenvalue weighted by molar-refractivity contribution is 5.73. The lowest BCUT2D eigenvalue weighted by Gasteiger charge is -2.52. The van der Waals surface area contributed by atoms with E-state index in [4.69, 9.17) is 9.47 Å². The number of amides is 1. The minimum absolute atomic E-state index is 0.0251. The molecule has 160 valence electrons. The predicted octanol–water partition coefficient (Wildman–Crippen LogP) is 3.99. The lowest BCUT2D eigenvalue weighted by atomic mass is 9.66. The first-order chi connectivity index (χ1) is 13.9. The molecule has 5 nitrogen and oxygen atoms in total. The highest BCUT2D eigenvalue weighted by Gasteiger charge is 2.49.